The molecule has 2 rings (SSSR count). The van der Waals surface area contributed by atoms with E-state index in [1.165, 1.54) is 6.42 Å². The molecule has 4 unspecified atom stereocenters. The third-order valence-electron chi connectivity index (χ3n) is 6.44. The SMILES string of the molecule is CC(CC(=O)NC(C(=O)N1CC2(C)CC1CC(C)(C)C2)C(C)C)CC(C)(C)C. The Balaban J connectivity index is 2.04. The zero-order valence-electron chi connectivity index (χ0n) is 19.8. The van der Waals surface area contributed by atoms with E-state index in [9.17, 15) is 9.59 Å². The second-order valence-electron chi connectivity index (χ2n) is 12.5. The van der Waals surface area contributed by atoms with Crippen LogP contribution in [-0.2, 0) is 9.59 Å². The van der Waals surface area contributed by atoms with Gasteiger partial charge in [0.05, 0.1) is 0 Å². The third kappa shape index (κ3) is 5.97. The summed E-state index contributed by atoms with van der Waals surface area (Å²) in [6.45, 7) is 20.6. The second kappa shape index (κ2) is 7.99. The number of carbonyl (C=O) groups excluding carboxylic acids is 2. The summed E-state index contributed by atoms with van der Waals surface area (Å²) in [7, 11) is 0. The van der Waals surface area contributed by atoms with Crippen LogP contribution in [0.1, 0.15) is 94.4 Å². The normalized spacial score (nSPS) is 28.9. The monoisotopic (exact) mass is 392 g/mol. The minimum atomic E-state index is -0.416. The van der Waals surface area contributed by atoms with Crippen LogP contribution in [0.5, 0.6) is 0 Å². The fourth-order valence-corrected chi connectivity index (χ4v) is 6.08. The third-order valence-corrected chi connectivity index (χ3v) is 6.44. The molecule has 0 aromatic heterocycles. The van der Waals surface area contributed by atoms with Gasteiger partial charge in [0.25, 0.3) is 0 Å². The van der Waals surface area contributed by atoms with Crippen LogP contribution < -0.4 is 5.32 Å². The van der Waals surface area contributed by atoms with Gasteiger partial charge < -0.3 is 10.2 Å². The van der Waals surface area contributed by atoms with Crippen molar-refractivity contribution in [3.8, 4) is 0 Å². The zero-order chi connectivity index (χ0) is 21.5. The van der Waals surface area contributed by atoms with Gasteiger partial charge in [0.15, 0.2) is 0 Å². The van der Waals surface area contributed by atoms with Gasteiger partial charge in [0.2, 0.25) is 11.8 Å². The Morgan fingerprint density at radius 3 is 2.25 bits per heavy atom. The lowest BCUT2D eigenvalue weighted by Crippen LogP contribution is -2.52. The minimum Gasteiger partial charge on any atom is -0.344 e. The summed E-state index contributed by atoms with van der Waals surface area (Å²) >= 11 is 0. The van der Waals surface area contributed by atoms with Crippen LogP contribution in [0, 0.1) is 28.1 Å². The summed E-state index contributed by atoms with van der Waals surface area (Å²) in [5, 5.41) is 3.09. The van der Waals surface area contributed by atoms with Crippen molar-refractivity contribution in [3.63, 3.8) is 0 Å². The molecule has 0 aromatic rings. The summed E-state index contributed by atoms with van der Waals surface area (Å²) < 4.78 is 0. The van der Waals surface area contributed by atoms with Gasteiger partial charge in [0, 0.05) is 19.0 Å². The number of nitrogens with zero attached hydrogens (tertiary/aromatic N) is 1. The van der Waals surface area contributed by atoms with Crippen LogP contribution in [-0.4, -0.2) is 35.3 Å². The molecule has 28 heavy (non-hydrogen) atoms. The number of nitrogens with one attached hydrogen (secondary N) is 1. The molecule has 1 N–H and O–H groups in total. The van der Waals surface area contributed by atoms with E-state index in [4.69, 9.17) is 0 Å². The molecular formula is C24H44N2O2. The predicted molar refractivity (Wildman–Crippen MR) is 116 cm³/mol. The summed E-state index contributed by atoms with van der Waals surface area (Å²) in [4.78, 5) is 28.2. The van der Waals surface area contributed by atoms with E-state index >= 15 is 0 Å². The van der Waals surface area contributed by atoms with Crippen molar-refractivity contribution in [2.24, 2.45) is 28.1 Å². The van der Waals surface area contributed by atoms with E-state index < -0.39 is 6.04 Å². The Hall–Kier alpha value is -1.06. The van der Waals surface area contributed by atoms with Crippen molar-refractivity contribution < 1.29 is 9.59 Å². The highest BCUT2D eigenvalue weighted by molar-refractivity contribution is 5.88. The Morgan fingerprint density at radius 1 is 1.11 bits per heavy atom. The number of fused-ring (bicyclic) bond motifs is 2. The van der Waals surface area contributed by atoms with Crippen molar-refractivity contribution in [1.82, 2.24) is 10.2 Å². The number of amides is 2. The molecular weight excluding hydrogens is 348 g/mol. The molecule has 0 aromatic carbocycles. The smallest absolute Gasteiger partial charge is 0.245 e. The van der Waals surface area contributed by atoms with Crippen molar-refractivity contribution >= 4 is 11.8 Å². The fraction of sp³-hybridized carbons (Fsp3) is 0.917. The molecule has 2 aliphatic rings. The summed E-state index contributed by atoms with van der Waals surface area (Å²) in [5.41, 5.74) is 0.711. The second-order valence-corrected chi connectivity index (χ2v) is 12.5. The van der Waals surface area contributed by atoms with Gasteiger partial charge >= 0.3 is 0 Å². The van der Waals surface area contributed by atoms with E-state index in [2.05, 4.69) is 58.7 Å². The first-order valence-corrected chi connectivity index (χ1v) is 11.2. The van der Waals surface area contributed by atoms with Crippen molar-refractivity contribution in [3.05, 3.63) is 0 Å². The molecule has 4 atom stereocenters. The van der Waals surface area contributed by atoms with Gasteiger partial charge in [-0.15, -0.1) is 0 Å². The minimum absolute atomic E-state index is 0.0116. The first kappa shape index (κ1) is 23.2. The molecule has 2 amide bonds. The average Bonchev–Trinajstić information content (AvgIpc) is 2.70. The maximum atomic E-state index is 13.4. The molecule has 1 aliphatic carbocycles. The van der Waals surface area contributed by atoms with Gasteiger partial charge in [0.1, 0.15) is 6.04 Å². The van der Waals surface area contributed by atoms with E-state index in [0.717, 1.165) is 25.8 Å². The van der Waals surface area contributed by atoms with Crippen molar-refractivity contribution in [1.29, 1.82) is 0 Å². The van der Waals surface area contributed by atoms with Crippen molar-refractivity contribution in [2.75, 3.05) is 6.54 Å². The maximum Gasteiger partial charge on any atom is 0.245 e. The highest BCUT2D eigenvalue weighted by Gasteiger charge is 2.52. The Kier molecular flexibility index (Phi) is 6.63. The van der Waals surface area contributed by atoms with Crippen LogP contribution in [0.15, 0.2) is 0 Å². The molecule has 4 nitrogen and oxygen atoms in total. The molecule has 1 saturated heterocycles. The number of hydrogen-bond acceptors (Lipinski definition) is 2. The quantitative estimate of drug-likeness (QED) is 0.690. The van der Waals surface area contributed by atoms with E-state index in [1.807, 2.05) is 13.8 Å². The predicted octanol–water partition coefficient (Wildman–Crippen LogP) is 5.02. The van der Waals surface area contributed by atoms with Crippen LogP contribution in [0.3, 0.4) is 0 Å². The average molecular weight is 393 g/mol. The van der Waals surface area contributed by atoms with Crippen LogP contribution in [0.25, 0.3) is 0 Å². The summed E-state index contributed by atoms with van der Waals surface area (Å²) in [6, 6.07) is -0.0976. The largest absolute Gasteiger partial charge is 0.344 e. The fourth-order valence-electron chi connectivity index (χ4n) is 6.08. The van der Waals surface area contributed by atoms with Gasteiger partial charge in [-0.05, 0) is 53.8 Å². The molecule has 0 spiro atoms. The van der Waals surface area contributed by atoms with Gasteiger partial charge in [-0.3, -0.25) is 9.59 Å². The number of rotatable bonds is 6. The number of hydrogen-bond donors (Lipinski definition) is 1. The molecule has 1 heterocycles. The first-order chi connectivity index (χ1) is 12.6. The lowest BCUT2D eigenvalue weighted by atomic mass is 9.65. The van der Waals surface area contributed by atoms with E-state index in [-0.39, 0.29) is 34.0 Å². The van der Waals surface area contributed by atoms with Gasteiger partial charge in [-0.1, -0.05) is 62.3 Å². The molecule has 162 valence electrons. The zero-order valence-corrected chi connectivity index (χ0v) is 19.8. The van der Waals surface area contributed by atoms with Gasteiger partial charge in [-0.2, -0.15) is 0 Å². The Bertz CT molecular complexity index is 590. The standard InChI is InChI=1S/C24H44N2O2/c1-16(2)20(25-19(27)10-17(3)11-22(4,5)6)21(28)26-15-24(9)13-18(26)12-23(7,8)14-24/h16-18,20H,10-15H2,1-9H3,(H,25,27). The number of carbonyl (C=O) groups is 2. The number of likely N-dealkylation sites (tertiary alicyclic amines) is 1. The molecule has 0 radical (unpaired) electrons. The summed E-state index contributed by atoms with van der Waals surface area (Å²) in [6.07, 6.45) is 4.83. The van der Waals surface area contributed by atoms with E-state index in [0.29, 0.717) is 18.4 Å². The highest BCUT2D eigenvalue weighted by atomic mass is 16.2. The molecule has 4 heteroatoms. The van der Waals surface area contributed by atoms with E-state index in [1.54, 1.807) is 0 Å². The van der Waals surface area contributed by atoms with Gasteiger partial charge in [-0.25, -0.2) is 0 Å². The Morgan fingerprint density at radius 2 is 1.71 bits per heavy atom. The topological polar surface area (TPSA) is 49.4 Å². The summed E-state index contributed by atoms with van der Waals surface area (Å²) in [5.74, 6) is 0.542. The Labute approximate surface area is 173 Å². The highest BCUT2D eigenvalue weighted by Crippen LogP contribution is 2.52. The molecule has 2 bridgehead atoms. The molecule has 1 aliphatic heterocycles. The first-order valence-electron chi connectivity index (χ1n) is 11.2. The molecule has 1 saturated carbocycles. The lowest BCUT2D eigenvalue weighted by Gasteiger charge is -2.39. The maximum absolute atomic E-state index is 13.4. The lowest BCUT2D eigenvalue weighted by molar-refractivity contribution is -0.139. The molecule has 2 fully saturated rings. The van der Waals surface area contributed by atoms with Crippen LogP contribution >= 0.6 is 0 Å². The van der Waals surface area contributed by atoms with Crippen LogP contribution in [0.2, 0.25) is 0 Å². The van der Waals surface area contributed by atoms with Crippen molar-refractivity contribution in [2.45, 2.75) is 107 Å². The van der Waals surface area contributed by atoms with Crippen LogP contribution in [0.4, 0.5) is 0 Å².